The summed E-state index contributed by atoms with van der Waals surface area (Å²) in [5.74, 6) is -0.900. The van der Waals surface area contributed by atoms with Crippen LogP contribution in [0.5, 0.6) is 0 Å². The zero-order valence-electron chi connectivity index (χ0n) is 17.3. The van der Waals surface area contributed by atoms with Crippen molar-refractivity contribution in [1.29, 1.82) is 0 Å². The second-order valence-electron chi connectivity index (χ2n) is 8.10. The topological polar surface area (TPSA) is 95.9 Å². The molecule has 1 saturated heterocycles. The lowest BCUT2D eigenvalue weighted by molar-refractivity contribution is -0.138. The summed E-state index contributed by atoms with van der Waals surface area (Å²) < 4.78 is 5.45. The van der Waals surface area contributed by atoms with E-state index < -0.39 is 12.1 Å². The van der Waals surface area contributed by atoms with Crippen LogP contribution in [0.4, 0.5) is 4.79 Å². The number of carboxylic acids is 1. The van der Waals surface area contributed by atoms with Crippen LogP contribution in [0.1, 0.15) is 36.3 Å². The van der Waals surface area contributed by atoms with Crippen LogP contribution in [0.25, 0.3) is 11.1 Å². The van der Waals surface area contributed by atoms with Crippen molar-refractivity contribution in [2.24, 2.45) is 5.92 Å². The first kappa shape index (κ1) is 20.9. The Kier molecular flexibility index (Phi) is 6.21. The van der Waals surface area contributed by atoms with E-state index in [1.54, 1.807) is 4.90 Å². The van der Waals surface area contributed by atoms with Gasteiger partial charge in [-0.1, -0.05) is 48.5 Å². The van der Waals surface area contributed by atoms with Crippen molar-refractivity contribution in [2.45, 2.75) is 25.2 Å². The van der Waals surface area contributed by atoms with Gasteiger partial charge in [0, 0.05) is 25.4 Å². The van der Waals surface area contributed by atoms with E-state index in [4.69, 9.17) is 9.84 Å². The molecule has 0 unspecified atom stereocenters. The fourth-order valence-electron chi connectivity index (χ4n) is 4.54. The van der Waals surface area contributed by atoms with Gasteiger partial charge < -0.3 is 20.1 Å². The highest BCUT2D eigenvalue weighted by Gasteiger charge is 2.29. The molecule has 2 N–H and O–H groups in total. The number of carbonyl (C=O) groups is 3. The molecular formula is C24H26N2O5. The number of piperidine rings is 1. The minimum absolute atomic E-state index is 0.0258. The van der Waals surface area contributed by atoms with E-state index in [9.17, 15) is 14.4 Å². The minimum atomic E-state index is -0.804. The van der Waals surface area contributed by atoms with E-state index in [1.165, 1.54) is 0 Å². The molecule has 0 aromatic heterocycles. The molecule has 2 aromatic carbocycles. The normalized spacial score (nSPS) is 15.8. The molecule has 4 rings (SSSR count). The number of fused-ring (bicyclic) bond motifs is 3. The average Bonchev–Trinajstić information content (AvgIpc) is 3.10. The van der Waals surface area contributed by atoms with Crippen LogP contribution in [0, 0.1) is 5.92 Å². The lowest BCUT2D eigenvalue weighted by Crippen LogP contribution is -2.44. The Hall–Kier alpha value is -3.35. The van der Waals surface area contributed by atoms with Gasteiger partial charge in [-0.2, -0.15) is 0 Å². The van der Waals surface area contributed by atoms with E-state index in [2.05, 4.69) is 29.6 Å². The second kappa shape index (κ2) is 9.20. The first-order valence-electron chi connectivity index (χ1n) is 10.6. The molecule has 2 amide bonds. The molecule has 0 spiro atoms. The highest BCUT2D eigenvalue weighted by atomic mass is 16.5. The molecule has 2 aromatic rings. The van der Waals surface area contributed by atoms with Crippen molar-refractivity contribution in [3.8, 4) is 11.1 Å². The van der Waals surface area contributed by atoms with E-state index in [0.29, 0.717) is 25.9 Å². The number of carboxylic acid groups (broad SMARTS) is 1. The number of hydrogen-bond donors (Lipinski definition) is 2. The zero-order valence-corrected chi connectivity index (χ0v) is 17.3. The molecule has 1 heterocycles. The SMILES string of the molecule is O=C(O)CC1CCN(C(=O)CNC(=O)OCC2c3ccccc3-c3ccccc32)CC1. The molecule has 7 heteroatoms. The maximum atomic E-state index is 12.4. The zero-order chi connectivity index (χ0) is 21.8. The molecule has 0 saturated carbocycles. The maximum absolute atomic E-state index is 12.4. The predicted molar refractivity (Wildman–Crippen MR) is 115 cm³/mol. The number of nitrogens with one attached hydrogen (secondary N) is 1. The molecular weight excluding hydrogens is 396 g/mol. The average molecular weight is 422 g/mol. The molecule has 1 aliphatic heterocycles. The molecule has 0 atom stereocenters. The summed E-state index contributed by atoms with van der Waals surface area (Å²) in [5, 5.41) is 11.4. The number of carbonyl (C=O) groups excluding carboxylic acids is 2. The Bertz CT molecular complexity index is 936. The van der Waals surface area contributed by atoms with Crippen LogP contribution >= 0.6 is 0 Å². The molecule has 1 aliphatic carbocycles. The number of rotatable bonds is 6. The van der Waals surface area contributed by atoms with Crippen molar-refractivity contribution >= 4 is 18.0 Å². The van der Waals surface area contributed by atoms with Gasteiger partial charge in [0.05, 0.1) is 0 Å². The third-order valence-electron chi connectivity index (χ3n) is 6.16. The first-order valence-corrected chi connectivity index (χ1v) is 10.6. The summed E-state index contributed by atoms with van der Waals surface area (Å²) in [7, 11) is 0. The van der Waals surface area contributed by atoms with Gasteiger partial charge in [-0.3, -0.25) is 9.59 Å². The van der Waals surface area contributed by atoms with Crippen LogP contribution in [-0.4, -0.2) is 54.2 Å². The summed E-state index contributed by atoms with van der Waals surface area (Å²) in [6.45, 7) is 1.11. The fourth-order valence-corrected chi connectivity index (χ4v) is 4.54. The minimum Gasteiger partial charge on any atom is -0.481 e. The van der Waals surface area contributed by atoms with E-state index >= 15 is 0 Å². The first-order chi connectivity index (χ1) is 15.0. The highest BCUT2D eigenvalue weighted by molar-refractivity contribution is 5.82. The number of amides is 2. The Balaban J connectivity index is 1.26. The van der Waals surface area contributed by atoms with Gasteiger partial charge in [-0.25, -0.2) is 4.79 Å². The number of aliphatic carboxylic acids is 1. The van der Waals surface area contributed by atoms with Crippen LogP contribution in [0.2, 0.25) is 0 Å². The van der Waals surface area contributed by atoms with Crippen molar-refractivity contribution in [1.82, 2.24) is 10.2 Å². The lowest BCUT2D eigenvalue weighted by Gasteiger charge is -2.31. The van der Waals surface area contributed by atoms with Gasteiger partial charge in [0.1, 0.15) is 13.2 Å². The molecule has 0 bridgehead atoms. The van der Waals surface area contributed by atoms with Crippen LogP contribution in [0.15, 0.2) is 48.5 Å². The Labute approximate surface area is 181 Å². The van der Waals surface area contributed by atoms with Crippen LogP contribution in [0.3, 0.4) is 0 Å². The van der Waals surface area contributed by atoms with Gasteiger partial charge in [0.25, 0.3) is 0 Å². The molecule has 2 aliphatic rings. The predicted octanol–water partition coefficient (Wildman–Crippen LogP) is 3.24. The summed E-state index contributed by atoms with van der Waals surface area (Å²) >= 11 is 0. The number of hydrogen-bond acceptors (Lipinski definition) is 4. The van der Waals surface area contributed by atoms with E-state index in [-0.39, 0.29) is 37.3 Å². The maximum Gasteiger partial charge on any atom is 0.407 e. The van der Waals surface area contributed by atoms with Gasteiger partial charge in [-0.05, 0) is 41.0 Å². The van der Waals surface area contributed by atoms with Crippen molar-refractivity contribution < 1.29 is 24.2 Å². The Morgan fingerprint density at radius 2 is 1.55 bits per heavy atom. The molecule has 0 radical (unpaired) electrons. The van der Waals surface area contributed by atoms with Gasteiger partial charge >= 0.3 is 12.1 Å². The number of likely N-dealkylation sites (tertiary alicyclic amines) is 1. The molecule has 31 heavy (non-hydrogen) atoms. The van der Waals surface area contributed by atoms with Gasteiger partial charge in [0.15, 0.2) is 0 Å². The number of benzene rings is 2. The second-order valence-corrected chi connectivity index (χ2v) is 8.10. The number of nitrogens with zero attached hydrogens (tertiary/aromatic N) is 1. The standard InChI is InChI=1S/C24H26N2O5/c27-22(26-11-9-16(10-12-26)13-23(28)29)14-25-24(30)31-15-21-19-7-3-1-5-17(19)18-6-2-4-8-20(18)21/h1-8,16,21H,9-15H2,(H,25,30)(H,28,29). The van der Waals surface area contributed by atoms with Crippen LogP contribution in [-0.2, 0) is 14.3 Å². The van der Waals surface area contributed by atoms with Crippen molar-refractivity contribution in [3.05, 3.63) is 59.7 Å². The molecule has 7 nitrogen and oxygen atoms in total. The summed E-state index contributed by atoms with van der Waals surface area (Å²) in [5.41, 5.74) is 4.59. The monoisotopic (exact) mass is 422 g/mol. The molecule has 1 fully saturated rings. The summed E-state index contributed by atoms with van der Waals surface area (Å²) in [6.07, 6.45) is 0.863. The smallest absolute Gasteiger partial charge is 0.407 e. The lowest BCUT2D eigenvalue weighted by atomic mass is 9.93. The quantitative estimate of drug-likeness (QED) is 0.745. The Morgan fingerprint density at radius 1 is 0.968 bits per heavy atom. The van der Waals surface area contributed by atoms with E-state index in [0.717, 1.165) is 22.3 Å². The third-order valence-corrected chi connectivity index (χ3v) is 6.16. The summed E-state index contributed by atoms with van der Waals surface area (Å²) in [4.78, 5) is 37.1. The Morgan fingerprint density at radius 3 is 2.13 bits per heavy atom. The fraction of sp³-hybridized carbons (Fsp3) is 0.375. The number of ether oxygens (including phenoxy) is 1. The summed E-state index contributed by atoms with van der Waals surface area (Å²) in [6, 6.07) is 16.2. The third kappa shape index (κ3) is 4.71. The van der Waals surface area contributed by atoms with Gasteiger partial charge in [-0.15, -0.1) is 0 Å². The molecule has 162 valence electrons. The highest BCUT2D eigenvalue weighted by Crippen LogP contribution is 2.44. The van der Waals surface area contributed by atoms with E-state index in [1.807, 2.05) is 24.3 Å². The van der Waals surface area contributed by atoms with Crippen molar-refractivity contribution in [2.75, 3.05) is 26.2 Å². The van der Waals surface area contributed by atoms with Crippen molar-refractivity contribution in [3.63, 3.8) is 0 Å². The van der Waals surface area contributed by atoms with Crippen LogP contribution < -0.4 is 5.32 Å². The van der Waals surface area contributed by atoms with Gasteiger partial charge in [0.2, 0.25) is 5.91 Å². The number of alkyl carbamates (subject to hydrolysis) is 1. The largest absolute Gasteiger partial charge is 0.481 e.